The molecule has 3 rings (SSSR count). The molecule has 5 heteroatoms. The summed E-state index contributed by atoms with van der Waals surface area (Å²) in [4.78, 5) is 1.26. The molecule has 0 fully saturated rings. The maximum Gasteiger partial charge on any atom is 0.0931 e. The van der Waals surface area contributed by atoms with Crippen molar-refractivity contribution in [1.29, 1.82) is 0 Å². The molecule has 2 aromatic heterocycles. The first-order valence-corrected chi connectivity index (χ1v) is 9.21. The topological polar surface area (TPSA) is 12.0 Å². The van der Waals surface area contributed by atoms with E-state index in [0.29, 0.717) is 0 Å². The number of rotatable bonds is 4. The van der Waals surface area contributed by atoms with Gasteiger partial charge >= 0.3 is 0 Å². The number of benzene rings is 1. The van der Waals surface area contributed by atoms with Crippen molar-refractivity contribution < 1.29 is 0 Å². The van der Waals surface area contributed by atoms with Crippen LogP contribution in [0.1, 0.15) is 23.4 Å². The second-order valence-electron chi connectivity index (χ2n) is 4.44. The highest BCUT2D eigenvalue weighted by Crippen LogP contribution is 2.39. The molecule has 0 saturated heterocycles. The van der Waals surface area contributed by atoms with Crippen molar-refractivity contribution >= 4 is 60.3 Å². The fourth-order valence-electron chi connectivity index (χ4n) is 2.32. The van der Waals surface area contributed by atoms with Gasteiger partial charge in [0.1, 0.15) is 0 Å². The molecule has 1 aromatic carbocycles. The fraction of sp³-hybridized carbons (Fsp3) is 0.200. The summed E-state index contributed by atoms with van der Waals surface area (Å²) in [5.74, 6) is 0. The number of thiophene rings is 2. The molecule has 0 bridgehead atoms. The number of fused-ring (bicyclic) bond motifs is 1. The number of hydrogen-bond acceptors (Lipinski definition) is 3. The highest BCUT2D eigenvalue weighted by Gasteiger charge is 2.19. The Morgan fingerprint density at radius 2 is 2.15 bits per heavy atom. The lowest BCUT2D eigenvalue weighted by molar-refractivity contribution is 0.645. The van der Waals surface area contributed by atoms with Crippen LogP contribution in [0.25, 0.3) is 10.1 Å². The lowest BCUT2D eigenvalue weighted by atomic mass is 10.0. The van der Waals surface area contributed by atoms with E-state index in [1.54, 1.807) is 22.7 Å². The highest BCUT2D eigenvalue weighted by atomic mass is 79.9. The zero-order valence-corrected chi connectivity index (χ0v) is 14.8. The van der Waals surface area contributed by atoms with Crippen LogP contribution >= 0.6 is 50.2 Å². The number of hydrogen-bond donors (Lipinski definition) is 1. The number of nitrogens with one attached hydrogen (secondary N) is 1. The summed E-state index contributed by atoms with van der Waals surface area (Å²) in [7, 11) is 0. The van der Waals surface area contributed by atoms with Crippen LogP contribution in [0, 0.1) is 0 Å². The van der Waals surface area contributed by atoms with E-state index in [4.69, 9.17) is 11.6 Å². The van der Waals surface area contributed by atoms with Crippen molar-refractivity contribution in [1.82, 2.24) is 5.32 Å². The molecule has 0 aliphatic rings. The van der Waals surface area contributed by atoms with E-state index >= 15 is 0 Å². The highest BCUT2D eigenvalue weighted by molar-refractivity contribution is 9.10. The lowest BCUT2D eigenvalue weighted by Crippen LogP contribution is -2.20. The van der Waals surface area contributed by atoms with Gasteiger partial charge in [0.05, 0.1) is 10.4 Å². The lowest BCUT2D eigenvalue weighted by Gasteiger charge is -2.16. The minimum absolute atomic E-state index is 0.209. The van der Waals surface area contributed by atoms with Gasteiger partial charge in [-0.1, -0.05) is 30.7 Å². The van der Waals surface area contributed by atoms with Gasteiger partial charge in [-0.15, -0.1) is 22.7 Å². The first-order chi connectivity index (χ1) is 9.70. The molecule has 0 aliphatic heterocycles. The predicted octanol–water partition coefficient (Wildman–Crippen LogP) is 6.08. The van der Waals surface area contributed by atoms with Crippen molar-refractivity contribution in [3.63, 3.8) is 0 Å². The van der Waals surface area contributed by atoms with E-state index < -0.39 is 0 Å². The molecule has 0 amide bonds. The molecular weight excluding hydrogens is 374 g/mol. The van der Waals surface area contributed by atoms with Crippen molar-refractivity contribution in [3.05, 3.63) is 55.0 Å². The monoisotopic (exact) mass is 385 g/mol. The Bertz CT molecular complexity index is 734. The van der Waals surface area contributed by atoms with Crippen molar-refractivity contribution in [2.24, 2.45) is 0 Å². The molecule has 1 nitrogen and oxygen atoms in total. The SMILES string of the molecule is CCNC(c1ccc(Cl)s1)c1csc2c(Br)cccc12. The summed E-state index contributed by atoms with van der Waals surface area (Å²) in [5.41, 5.74) is 1.33. The Hall–Kier alpha value is -0.390. The van der Waals surface area contributed by atoms with Crippen LogP contribution in [0.5, 0.6) is 0 Å². The standard InChI is InChI=1S/C15H13BrClNS2/c1-2-18-14(12-6-7-13(17)20-12)10-8-19-15-9(10)4-3-5-11(15)16/h3-8,14,18H,2H2,1H3. The molecule has 20 heavy (non-hydrogen) atoms. The second-order valence-corrected chi connectivity index (χ2v) is 7.92. The molecular formula is C15H13BrClNS2. The summed E-state index contributed by atoms with van der Waals surface area (Å²) < 4.78 is 3.29. The molecule has 1 atom stereocenters. The van der Waals surface area contributed by atoms with E-state index in [1.165, 1.54) is 20.5 Å². The Labute approximate surface area is 139 Å². The van der Waals surface area contributed by atoms with Gasteiger partial charge < -0.3 is 5.32 Å². The average Bonchev–Trinajstić information content (AvgIpc) is 3.04. The van der Waals surface area contributed by atoms with E-state index in [0.717, 1.165) is 15.4 Å². The molecule has 2 heterocycles. The smallest absolute Gasteiger partial charge is 0.0931 e. The van der Waals surface area contributed by atoms with E-state index in [-0.39, 0.29) is 6.04 Å². The maximum absolute atomic E-state index is 6.10. The Balaban J connectivity index is 2.12. The Morgan fingerprint density at radius 1 is 1.30 bits per heavy atom. The van der Waals surface area contributed by atoms with Crippen molar-refractivity contribution in [2.75, 3.05) is 6.54 Å². The van der Waals surface area contributed by atoms with Crippen LogP contribution in [0.4, 0.5) is 0 Å². The van der Waals surface area contributed by atoms with Crippen LogP contribution < -0.4 is 5.32 Å². The molecule has 0 spiro atoms. The van der Waals surface area contributed by atoms with Gasteiger partial charge in [-0.2, -0.15) is 0 Å². The van der Waals surface area contributed by atoms with Gasteiger partial charge in [0, 0.05) is 14.0 Å². The van der Waals surface area contributed by atoms with Gasteiger partial charge in [-0.3, -0.25) is 0 Å². The number of halogens is 2. The van der Waals surface area contributed by atoms with Gasteiger partial charge in [-0.25, -0.2) is 0 Å². The minimum Gasteiger partial charge on any atom is -0.306 e. The minimum atomic E-state index is 0.209. The zero-order valence-electron chi connectivity index (χ0n) is 10.8. The fourth-order valence-corrected chi connectivity index (χ4v) is 5.12. The van der Waals surface area contributed by atoms with E-state index in [1.807, 2.05) is 6.07 Å². The molecule has 3 aromatic rings. The van der Waals surface area contributed by atoms with Crippen LogP contribution in [-0.2, 0) is 0 Å². The average molecular weight is 387 g/mol. The van der Waals surface area contributed by atoms with Gasteiger partial charge in [-0.05, 0) is 57.0 Å². The first kappa shape index (κ1) is 14.5. The van der Waals surface area contributed by atoms with Crippen LogP contribution in [0.2, 0.25) is 4.34 Å². The third-order valence-corrected chi connectivity index (χ3v) is 6.45. The zero-order chi connectivity index (χ0) is 14.1. The molecule has 0 radical (unpaired) electrons. The Morgan fingerprint density at radius 3 is 2.85 bits per heavy atom. The predicted molar refractivity (Wildman–Crippen MR) is 94.4 cm³/mol. The van der Waals surface area contributed by atoms with Gasteiger partial charge in [0.15, 0.2) is 0 Å². The first-order valence-electron chi connectivity index (χ1n) is 6.35. The summed E-state index contributed by atoms with van der Waals surface area (Å²) in [5, 5.41) is 7.12. The molecule has 1 N–H and O–H groups in total. The van der Waals surface area contributed by atoms with Crippen molar-refractivity contribution in [2.45, 2.75) is 13.0 Å². The quantitative estimate of drug-likeness (QED) is 0.573. The third-order valence-electron chi connectivity index (χ3n) is 3.18. The molecule has 104 valence electrons. The summed E-state index contributed by atoms with van der Waals surface area (Å²) in [6.07, 6.45) is 0. The van der Waals surface area contributed by atoms with Gasteiger partial charge in [0.2, 0.25) is 0 Å². The molecule has 0 saturated carbocycles. The largest absolute Gasteiger partial charge is 0.306 e. The summed E-state index contributed by atoms with van der Waals surface area (Å²) >= 11 is 13.1. The molecule has 1 unspecified atom stereocenters. The summed E-state index contributed by atoms with van der Waals surface area (Å²) in [6.45, 7) is 3.05. The Kier molecular flexibility index (Phi) is 4.48. The summed E-state index contributed by atoms with van der Waals surface area (Å²) in [6, 6.07) is 10.7. The van der Waals surface area contributed by atoms with E-state index in [2.05, 4.69) is 57.8 Å². The normalized spacial score (nSPS) is 12.9. The van der Waals surface area contributed by atoms with E-state index in [9.17, 15) is 0 Å². The van der Waals surface area contributed by atoms with Crippen LogP contribution in [0.3, 0.4) is 0 Å². The third kappa shape index (κ3) is 2.68. The maximum atomic E-state index is 6.10. The van der Waals surface area contributed by atoms with Crippen LogP contribution in [-0.4, -0.2) is 6.54 Å². The second kappa shape index (κ2) is 6.16. The molecule has 0 aliphatic carbocycles. The van der Waals surface area contributed by atoms with Crippen molar-refractivity contribution in [3.8, 4) is 0 Å². The van der Waals surface area contributed by atoms with Crippen LogP contribution in [0.15, 0.2) is 40.2 Å². The van der Waals surface area contributed by atoms with Gasteiger partial charge in [0.25, 0.3) is 0 Å².